The number of hydrogen-bond donors (Lipinski definition) is 0. The van der Waals surface area contributed by atoms with Crippen molar-refractivity contribution in [2.24, 2.45) is 5.92 Å². The van der Waals surface area contributed by atoms with E-state index in [-0.39, 0.29) is 6.04 Å². The number of hydrogen-bond acceptors (Lipinski definition) is 3. The van der Waals surface area contributed by atoms with Crippen molar-refractivity contribution in [1.82, 2.24) is 15.0 Å². The van der Waals surface area contributed by atoms with Crippen LogP contribution < -0.4 is 0 Å². The molecule has 0 spiro atoms. The second-order valence-electron chi connectivity index (χ2n) is 4.13. The van der Waals surface area contributed by atoms with Crippen molar-refractivity contribution in [2.45, 2.75) is 40.2 Å². The predicted octanol–water partition coefficient (Wildman–Crippen LogP) is 1.93. The van der Waals surface area contributed by atoms with Gasteiger partial charge in [0.25, 0.3) is 0 Å². The highest BCUT2D eigenvalue weighted by atomic mass is 15.4. The molecule has 0 fully saturated rings. The SMILES string of the molecule is CC(C)Cc1nnn(C(C)C)c1C#N. The summed E-state index contributed by atoms with van der Waals surface area (Å²) in [5.41, 5.74) is 1.42. The average molecular weight is 192 g/mol. The van der Waals surface area contributed by atoms with Crippen LogP contribution in [0.4, 0.5) is 0 Å². The lowest BCUT2D eigenvalue weighted by Crippen LogP contribution is -2.06. The number of rotatable bonds is 3. The maximum absolute atomic E-state index is 9.00. The summed E-state index contributed by atoms with van der Waals surface area (Å²) in [6, 6.07) is 2.36. The van der Waals surface area contributed by atoms with Crippen molar-refractivity contribution in [3.05, 3.63) is 11.4 Å². The largest absolute Gasteiger partial charge is 0.232 e. The molecule has 0 N–H and O–H groups in total. The van der Waals surface area contributed by atoms with Crippen molar-refractivity contribution in [2.75, 3.05) is 0 Å². The molecule has 4 nitrogen and oxygen atoms in total. The van der Waals surface area contributed by atoms with E-state index < -0.39 is 0 Å². The molecule has 0 bridgehead atoms. The van der Waals surface area contributed by atoms with Crippen LogP contribution in [0.25, 0.3) is 0 Å². The Kier molecular flexibility index (Phi) is 3.23. The van der Waals surface area contributed by atoms with Crippen LogP contribution in [-0.4, -0.2) is 15.0 Å². The van der Waals surface area contributed by atoms with Crippen LogP contribution in [0.15, 0.2) is 0 Å². The van der Waals surface area contributed by atoms with Crippen LogP contribution in [0.1, 0.15) is 45.1 Å². The molecule has 0 saturated heterocycles. The third-order valence-corrected chi connectivity index (χ3v) is 1.96. The molecule has 1 aromatic rings. The second-order valence-corrected chi connectivity index (χ2v) is 4.13. The van der Waals surface area contributed by atoms with E-state index >= 15 is 0 Å². The zero-order valence-corrected chi connectivity index (χ0v) is 9.15. The molecule has 1 rings (SSSR count). The van der Waals surface area contributed by atoms with E-state index in [2.05, 4.69) is 30.2 Å². The molecule has 0 unspecified atom stereocenters. The minimum Gasteiger partial charge on any atom is -0.232 e. The van der Waals surface area contributed by atoms with Crippen LogP contribution in [0.5, 0.6) is 0 Å². The first-order valence-corrected chi connectivity index (χ1v) is 4.90. The smallest absolute Gasteiger partial charge is 0.162 e. The van der Waals surface area contributed by atoms with Gasteiger partial charge in [0.2, 0.25) is 0 Å². The van der Waals surface area contributed by atoms with Gasteiger partial charge < -0.3 is 0 Å². The van der Waals surface area contributed by atoms with Gasteiger partial charge in [0.05, 0.1) is 0 Å². The molecule has 0 aliphatic rings. The zero-order valence-electron chi connectivity index (χ0n) is 9.15. The first-order valence-electron chi connectivity index (χ1n) is 4.90. The van der Waals surface area contributed by atoms with Gasteiger partial charge in [-0.15, -0.1) is 5.10 Å². The topological polar surface area (TPSA) is 54.5 Å². The van der Waals surface area contributed by atoms with Crippen LogP contribution in [0, 0.1) is 17.2 Å². The minimum absolute atomic E-state index is 0.193. The van der Waals surface area contributed by atoms with Crippen LogP contribution in [0.2, 0.25) is 0 Å². The van der Waals surface area contributed by atoms with Gasteiger partial charge in [0, 0.05) is 6.04 Å². The van der Waals surface area contributed by atoms with E-state index in [1.165, 1.54) is 0 Å². The van der Waals surface area contributed by atoms with Gasteiger partial charge in [0.1, 0.15) is 11.8 Å². The van der Waals surface area contributed by atoms with Gasteiger partial charge in [-0.1, -0.05) is 19.1 Å². The third kappa shape index (κ3) is 2.11. The fraction of sp³-hybridized carbons (Fsp3) is 0.700. The molecule has 0 saturated carbocycles. The van der Waals surface area contributed by atoms with Gasteiger partial charge in [-0.05, 0) is 26.2 Å². The lowest BCUT2D eigenvalue weighted by Gasteiger charge is -2.05. The Balaban J connectivity index is 3.03. The van der Waals surface area contributed by atoms with E-state index in [0.717, 1.165) is 12.1 Å². The van der Waals surface area contributed by atoms with Crippen molar-refractivity contribution in [3.63, 3.8) is 0 Å². The molecule has 0 aliphatic heterocycles. The predicted molar refractivity (Wildman–Crippen MR) is 53.7 cm³/mol. The molecule has 1 heterocycles. The molecule has 76 valence electrons. The molecular formula is C10H16N4. The molecule has 4 heteroatoms. The van der Waals surface area contributed by atoms with Crippen LogP contribution >= 0.6 is 0 Å². The Bertz CT molecular complexity index is 343. The molecule has 0 amide bonds. The summed E-state index contributed by atoms with van der Waals surface area (Å²) in [7, 11) is 0. The third-order valence-electron chi connectivity index (χ3n) is 1.96. The van der Waals surface area contributed by atoms with E-state index in [4.69, 9.17) is 5.26 Å². The first-order chi connectivity index (χ1) is 6.56. The maximum atomic E-state index is 9.00. The summed E-state index contributed by atoms with van der Waals surface area (Å²) in [6.07, 6.45) is 0.815. The highest BCUT2D eigenvalue weighted by Crippen LogP contribution is 2.13. The van der Waals surface area contributed by atoms with Gasteiger partial charge in [0.15, 0.2) is 5.69 Å². The van der Waals surface area contributed by atoms with E-state index in [1.54, 1.807) is 4.68 Å². The maximum Gasteiger partial charge on any atom is 0.162 e. The monoisotopic (exact) mass is 192 g/mol. The summed E-state index contributed by atoms with van der Waals surface area (Å²) >= 11 is 0. The Morgan fingerprint density at radius 2 is 2.00 bits per heavy atom. The van der Waals surface area contributed by atoms with Gasteiger partial charge >= 0.3 is 0 Å². The lowest BCUT2D eigenvalue weighted by molar-refractivity contribution is 0.509. The van der Waals surface area contributed by atoms with Crippen molar-refractivity contribution >= 4 is 0 Å². The number of nitriles is 1. The van der Waals surface area contributed by atoms with Crippen LogP contribution in [0.3, 0.4) is 0 Å². The standard InChI is InChI=1S/C10H16N4/c1-7(2)5-9-10(6-11)14(8(3)4)13-12-9/h7-8H,5H2,1-4H3. The van der Waals surface area contributed by atoms with Crippen molar-refractivity contribution in [3.8, 4) is 6.07 Å². The molecular weight excluding hydrogens is 176 g/mol. The van der Waals surface area contributed by atoms with Gasteiger partial charge in [-0.2, -0.15) is 5.26 Å². The van der Waals surface area contributed by atoms with Gasteiger partial charge in [-0.3, -0.25) is 0 Å². The van der Waals surface area contributed by atoms with Crippen molar-refractivity contribution < 1.29 is 0 Å². The Morgan fingerprint density at radius 1 is 1.36 bits per heavy atom. The molecule has 14 heavy (non-hydrogen) atoms. The van der Waals surface area contributed by atoms with E-state index in [1.807, 2.05) is 13.8 Å². The Hall–Kier alpha value is -1.37. The molecule has 0 aromatic carbocycles. The Labute approximate surface area is 84.5 Å². The van der Waals surface area contributed by atoms with Crippen molar-refractivity contribution in [1.29, 1.82) is 5.26 Å². The molecule has 0 atom stereocenters. The zero-order chi connectivity index (χ0) is 10.7. The highest BCUT2D eigenvalue weighted by molar-refractivity contribution is 5.25. The highest BCUT2D eigenvalue weighted by Gasteiger charge is 2.14. The number of aromatic nitrogens is 3. The average Bonchev–Trinajstić information content (AvgIpc) is 2.46. The molecule has 1 aromatic heterocycles. The second kappa shape index (κ2) is 4.23. The lowest BCUT2D eigenvalue weighted by atomic mass is 10.1. The summed E-state index contributed by atoms with van der Waals surface area (Å²) in [4.78, 5) is 0. The first kappa shape index (κ1) is 10.7. The summed E-state index contributed by atoms with van der Waals surface area (Å²) in [5, 5.41) is 17.0. The fourth-order valence-electron chi connectivity index (χ4n) is 1.33. The number of nitrogens with zero attached hydrogens (tertiary/aromatic N) is 4. The van der Waals surface area contributed by atoms with E-state index in [0.29, 0.717) is 11.6 Å². The molecule has 0 radical (unpaired) electrons. The quantitative estimate of drug-likeness (QED) is 0.735. The Morgan fingerprint density at radius 3 is 2.43 bits per heavy atom. The summed E-state index contributed by atoms with van der Waals surface area (Å²) in [6.45, 7) is 8.20. The van der Waals surface area contributed by atoms with Gasteiger partial charge in [-0.25, -0.2) is 4.68 Å². The fourth-order valence-corrected chi connectivity index (χ4v) is 1.33. The minimum atomic E-state index is 0.193. The van der Waals surface area contributed by atoms with E-state index in [9.17, 15) is 0 Å². The van der Waals surface area contributed by atoms with Crippen LogP contribution in [-0.2, 0) is 6.42 Å². The normalized spacial score (nSPS) is 10.9. The summed E-state index contributed by atoms with van der Waals surface area (Å²) in [5.74, 6) is 0.499. The molecule has 0 aliphatic carbocycles. The summed E-state index contributed by atoms with van der Waals surface area (Å²) < 4.78 is 1.68.